The van der Waals surface area contributed by atoms with E-state index in [-0.39, 0.29) is 30.1 Å². The second-order valence-electron chi connectivity index (χ2n) is 8.56. The van der Waals surface area contributed by atoms with Crippen molar-refractivity contribution in [1.29, 1.82) is 0 Å². The maximum Gasteiger partial charge on any atom is 0.253 e. The molecule has 1 fully saturated rings. The molecule has 1 atom stereocenters. The summed E-state index contributed by atoms with van der Waals surface area (Å²) in [7, 11) is 0. The Morgan fingerprint density at radius 1 is 0.939 bits per heavy atom. The number of amides is 2. The van der Waals surface area contributed by atoms with E-state index in [1.807, 2.05) is 36.4 Å². The zero-order valence-electron chi connectivity index (χ0n) is 17.7. The van der Waals surface area contributed by atoms with Crippen LogP contribution in [0.3, 0.4) is 0 Å². The van der Waals surface area contributed by atoms with Gasteiger partial charge in [-0.2, -0.15) is 5.06 Å². The Morgan fingerprint density at radius 3 is 2.42 bits per heavy atom. The number of hydroxylamine groups is 2. The standard InChI is InChI=1S/C26H21ClN2O4/c27-20-8-7-18-11-23(30)22(10-15-5-6-16-3-1-2-4-17(16)9-15)28-26(21(18)14-20)19-12-24(31)29(33)25(32)13-19/h1-9,14,19,22,33H,10-13H2. The fraction of sp³-hybridized carbons (Fsp3) is 0.231. The van der Waals surface area contributed by atoms with E-state index in [9.17, 15) is 19.6 Å². The Hall–Kier alpha value is -3.35. The number of carbonyl (C=O) groups is 3. The van der Waals surface area contributed by atoms with Gasteiger partial charge in [0.2, 0.25) is 0 Å². The predicted molar refractivity (Wildman–Crippen MR) is 125 cm³/mol. The normalized spacial score (nSPS) is 19.5. The van der Waals surface area contributed by atoms with Crippen LogP contribution in [0.4, 0.5) is 0 Å². The lowest BCUT2D eigenvalue weighted by Gasteiger charge is -2.27. The highest BCUT2D eigenvalue weighted by atomic mass is 35.5. The van der Waals surface area contributed by atoms with Gasteiger partial charge in [-0.3, -0.25) is 24.6 Å². The van der Waals surface area contributed by atoms with E-state index in [0.29, 0.717) is 22.7 Å². The average molecular weight is 461 g/mol. The number of halogens is 1. The molecule has 1 unspecified atom stereocenters. The second kappa shape index (κ2) is 8.54. The van der Waals surface area contributed by atoms with Gasteiger partial charge in [0, 0.05) is 47.9 Å². The number of carbonyl (C=O) groups excluding carboxylic acids is 3. The first-order valence-electron chi connectivity index (χ1n) is 10.8. The topological polar surface area (TPSA) is 87.0 Å². The molecule has 7 heteroatoms. The molecule has 0 spiro atoms. The molecular weight excluding hydrogens is 440 g/mol. The van der Waals surface area contributed by atoms with Gasteiger partial charge in [0.25, 0.3) is 11.8 Å². The number of hydrogen-bond acceptors (Lipinski definition) is 5. The van der Waals surface area contributed by atoms with Gasteiger partial charge < -0.3 is 0 Å². The number of Topliss-reactive ketones (excluding diaryl/α,β-unsaturated/α-hetero) is 1. The quantitative estimate of drug-likeness (QED) is 0.469. The molecule has 5 rings (SSSR count). The SMILES string of the molecule is O=C1Cc2ccc(Cl)cc2C(C2CC(=O)N(O)C(=O)C2)=NC1Cc1ccc2ccccc2c1. The van der Waals surface area contributed by atoms with E-state index in [4.69, 9.17) is 16.6 Å². The molecule has 33 heavy (non-hydrogen) atoms. The summed E-state index contributed by atoms with van der Waals surface area (Å²) in [6.45, 7) is 0. The zero-order chi connectivity index (χ0) is 23.1. The molecule has 2 aliphatic heterocycles. The van der Waals surface area contributed by atoms with Gasteiger partial charge in [0.15, 0.2) is 5.78 Å². The van der Waals surface area contributed by atoms with Gasteiger partial charge in [-0.25, -0.2) is 0 Å². The largest absolute Gasteiger partial charge is 0.297 e. The number of nitrogens with zero attached hydrogens (tertiary/aromatic N) is 2. The minimum Gasteiger partial charge on any atom is -0.297 e. The van der Waals surface area contributed by atoms with Crippen LogP contribution in [0.15, 0.2) is 65.7 Å². The van der Waals surface area contributed by atoms with E-state index < -0.39 is 23.8 Å². The Bertz CT molecular complexity index is 1310. The van der Waals surface area contributed by atoms with Crippen LogP contribution in [0.2, 0.25) is 5.02 Å². The number of aliphatic imine (C=N–C) groups is 1. The van der Waals surface area contributed by atoms with Crippen molar-refractivity contribution >= 4 is 45.7 Å². The van der Waals surface area contributed by atoms with Gasteiger partial charge in [-0.15, -0.1) is 0 Å². The van der Waals surface area contributed by atoms with Crippen molar-refractivity contribution in [3.63, 3.8) is 0 Å². The van der Waals surface area contributed by atoms with Crippen LogP contribution < -0.4 is 0 Å². The number of fused-ring (bicyclic) bond motifs is 2. The highest BCUT2D eigenvalue weighted by molar-refractivity contribution is 6.31. The molecule has 6 nitrogen and oxygen atoms in total. The van der Waals surface area contributed by atoms with Crippen LogP contribution in [0.5, 0.6) is 0 Å². The molecule has 0 saturated carbocycles. The molecule has 3 aromatic carbocycles. The van der Waals surface area contributed by atoms with Crippen LogP contribution >= 0.6 is 11.6 Å². The first-order chi connectivity index (χ1) is 15.9. The van der Waals surface area contributed by atoms with Crippen molar-refractivity contribution in [3.05, 3.63) is 82.4 Å². The number of imide groups is 1. The third kappa shape index (κ3) is 4.19. The van der Waals surface area contributed by atoms with Crippen LogP contribution in [0.1, 0.15) is 29.5 Å². The van der Waals surface area contributed by atoms with Crippen molar-refractivity contribution < 1.29 is 19.6 Å². The number of benzene rings is 3. The van der Waals surface area contributed by atoms with E-state index in [2.05, 4.69) is 6.07 Å². The summed E-state index contributed by atoms with van der Waals surface area (Å²) in [5, 5.41) is 12.5. The Kier molecular flexibility index (Phi) is 5.56. The number of piperidine rings is 1. The van der Waals surface area contributed by atoms with Crippen molar-refractivity contribution in [2.75, 3.05) is 0 Å². The minimum atomic E-state index is -0.677. The van der Waals surface area contributed by atoms with E-state index in [1.165, 1.54) is 0 Å². The maximum atomic E-state index is 13.2. The summed E-state index contributed by atoms with van der Waals surface area (Å²) < 4.78 is 0. The third-order valence-corrected chi connectivity index (χ3v) is 6.56. The Labute approximate surface area is 195 Å². The van der Waals surface area contributed by atoms with Crippen molar-refractivity contribution in [3.8, 4) is 0 Å². The highest BCUT2D eigenvalue weighted by Gasteiger charge is 2.37. The molecule has 2 heterocycles. The summed E-state index contributed by atoms with van der Waals surface area (Å²) in [6.07, 6.45) is 0.474. The van der Waals surface area contributed by atoms with E-state index in [1.54, 1.807) is 18.2 Å². The maximum absolute atomic E-state index is 13.2. The summed E-state index contributed by atoms with van der Waals surface area (Å²) in [6, 6.07) is 18.7. The molecule has 0 bridgehead atoms. The monoisotopic (exact) mass is 460 g/mol. The summed E-state index contributed by atoms with van der Waals surface area (Å²) in [4.78, 5) is 42.4. The number of hydrogen-bond donors (Lipinski definition) is 1. The van der Waals surface area contributed by atoms with Crippen LogP contribution in [0.25, 0.3) is 10.8 Å². The molecule has 0 aromatic heterocycles. The minimum absolute atomic E-state index is 0.0287. The molecule has 1 saturated heterocycles. The van der Waals surface area contributed by atoms with Crippen molar-refractivity contribution in [2.45, 2.75) is 31.7 Å². The fourth-order valence-electron chi connectivity index (χ4n) is 4.63. The second-order valence-corrected chi connectivity index (χ2v) is 9.00. The lowest BCUT2D eigenvalue weighted by Crippen LogP contribution is -2.43. The Morgan fingerprint density at radius 2 is 1.67 bits per heavy atom. The number of rotatable bonds is 3. The van der Waals surface area contributed by atoms with Gasteiger partial charge >= 0.3 is 0 Å². The first-order valence-corrected chi connectivity index (χ1v) is 11.2. The van der Waals surface area contributed by atoms with Gasteiger partial charge in [-0.1, -0.05) is 60.1 Å². The molecule has 0 radical (unpaired) electrons. The highest BCUT2D eigenvalue weighted by Crippen LogP contribution is 2.31. The van der Waals surface area contributed by atoms with E-state index >= 15 is 0 Å². The first kappa shape index (κ1) is 21.5. The summed E-state index contributed by atoms with van der Waals surface area (Å²) in [5.74, 6) is -1.91. The molecule has 166 valence electrons. The van der Waals surface area contributed by atoms with Crippen molar-refractivity contribution in [2.24, 2.45) is 10.9 Å². The van der Waals surface area contributed by atoms with Crippen LogP contribution in [0, 0.1) is 5.92 Å². The molecule has 1 N–H and O–H groups in total. The van der Waals surface area contributed by atoms with Gasteiger partial charge in [0.1, 0.15) is 6.04 Å². The molecular formula is C26H21ClN2O4. The average Bonchev–Trinajstić information content (AvgIpc) is 2.93. The van der Waals surface area contributed by atoms with Gasteiger partial charge in [0.05, 0.1) is 0 Å². The lowest BCUT2D eigenvalue weighted by molar-refractivity contribution is -0.183. The van der Waals surface area contributed by atoms with E-state index in [0.717, 1.165) is 21.9 Å². The van der Waals surface area contributed by atoms with Gasteiger partial charge in [-0.05, 0) is 34.0 Å². The molecule has 3 aromatic rings. The molecule has 0 aliphatic carbocycles. The lowest BCUT2D eigenvalue weighted by atomic mass is 9.86. The summed E-state index contributed by atoms with van der Waals surface area (Å²) >= 11 is 6.25. The van der Waals surface area contributed by atoms with Crippen LogP contribution in [-0.4, -0.2) is 39.6 Å². The zero-order valence-corrected chi connectivity index (χ0v) is 18.5. The fourth-order valence-corrected chi connectivity index (χ4v) is 4.80. The predicted octanol–water partition coefficient (Wildman–Crippen LogP) is 4.17. The number of ketones is 1. The smallest absolute Gasteiger partial charge is 0.253 e. The summed E-state index contributed by atoms with van der Waals surface area (Å²) in [5.41, 5.74) is 2.97. The third-order valence-electron chi connectivity index (χ3n) is 6.32. The Balaban J connectivity index is 1.56. The van der Waals surface area contributed by atoms with Crippen molar-refractivity contribution in [1.82, 2.24) is 5.06 Å². The molecule has 2 aliphatic rings. The van der Waals surface area contributed by atoms with Crippen LogP contribution in [-0.2, 0) is 27.2 Å². The molecule has 2 amide bonds.